The smallest absolute Gasteiger partial charge is 0.148 e. The van der Waals surface area contributed by atoms with Crippen molar-refractivity contribution in [1.82, 2.24) is 9.78 Å². The van der Waals surface area contributed by atoms with E-state index in [1.807, 2.05) is 42.5 Å². The van der Waals surface area contributed by atoms with Gasteiger partial charge in [-0.15, -0.1) is 0 Å². The van der Waals surface area contributed by atoms with Crippen molar-refractivity contribution in [3.63, 3.8) is 0 Å². The zero-order chi connectivity index (χ0) is 22.1. The van der Waals surface area contributed by atoms with Crippen LogP contribution in [0.5, 0.6) is 11.5 Å². The lowest BCUT2D eigenvalue weighted by molar-refractivity contribution is 0.475. The van der Waals surface area contributed by atoms with Crippen LogP contribution in [0.2, 0.25) is 0 Å². The highest BCUT2D eigenvalue weighted by Crippen LogP contribution is 2.36. The van der Waals surface area contributed by atoms with Crippen LogP contribution in [0.25, 0.3) is 39.3 Å². The molecule has 2 N–H and O–H groups in total. The molecule has 156 valence electrons. The van der Waals surface area contributed by atoms with Crippen LogP contribution < -0.4 is 0 Å². The highest BCUT2D eigenvalue weighted by molar-refractivity contribution is 5.84. The first-order valence-corrected chi connectivity index (χ1v) is 10.1. The van der Waals surface area contributed by atoms with Crippen molar-refractivity contribution in [3.05, 3.63) is 109 Å². The summed E-state index contributed by atoms with van der Waals surface area (Å²) in [5, 5.41) is 24.1. The standard InChI is InChI=1S/C27H19FN2O2/c28-24-7-3-4-8-26(24)30-27(17-25(29-30)19-11-15-21(32)16-12-19)23-6-2-1-5-22(23)18-9-13-20(31)14-10-18/h1-17,31-32H. The molecule has 0 atom stereocenters. The van der Waals surface area contributed by atoms with Crippen LogP contribution in [-0.2, 0) is 0 Å². The minimum absolute atomic E-state index is 0.167. The normalized spacial score (nSPS) is 10.9. The molecular formula is C27H19FN2O2. The van der Waals surface area contributed by atoms with E-state index in [0.29, 0.717) is 11.4 Å². The van der Waals surface area contributed by atoms with Gasteiger partial charge in [-0.25, -0.2) is 9.07 Å². The topological polar surface area (TPSA) is 58.3 Å². The van der Waals surface area contributed by atoms with Gasteiger partial charge in [0.1, 0.15) is 23.0 Å². The number of phenols is 2. The minimum atomic E-state index is -0.378. The molecule has 4 nitrogen and oxygen atoms in total. The van der Waals surface area contributed by atoms with Gasteiger partial charge in [-0.1, -0.05) is 48.5 Å². The molecule has 5 rings (SSSR count). The Morgan fingerprint density at radius 1 is 0.625 bits per heavy atom. The predicted octanol–water partition coefficient (Wildman–Crippen LogP) is 6.42. The Labute approximate surface area is 184 Å². The molecular weight excluding hydrogens is 403 g/mol. The highest BCUT2D eigenvalue weighted by Gasteiger charge is 2.18. The van der Waals surface area contributed by atoms with Crippen LogP contribution in [0.15, 0.2) is 103 Å². The molecule has 0 spiro atoms. The third-order valence-electron chi connectivity index (χ3n) is 5.33. The lowest BCUT2D eigenvalue weighted by Gasteiger charge is -2.13. The summed E-state index contributed by atoms with van der Waals surface area (Å²) in [5.74, 6) is -0.0198. The summed E-state index contributed by atoms with van der Waals surface area (Å²) >= 11 is 0. The van der Waals surface area contributed by atoms with Gasteiger partial charge in [0.05, 0.1) is 11.4 Å². The van der Waals surface area contributed by atoms with Gasteiger partial charge in [-0.2, -0.15) is 5.10 Å². The van der Waals surface area contributed by atoms with E-state index in [4.69, 9.17) is 5.10 Å². The van der Waals surface area contributed by atoms with Crippen LogP contribution in [0, 0.1) is 5.82 Å². The van der Waals surface area contributed by atoms with E-state index in [1.54, 1.807) is 59.3 Å². The van der Waals surface area contributed by atoms with Gasteiger partial charge >= 0.3 is 0 Å². The molecule has 4 aromatic carbocycles. The Morgan fingerprint density at radius 2 is 1.19 bits per heavy atom. The molecule has 0 bridgehead atoms. The molecule has 0 saturated heterocycles. The summed E-state index contributed by atoms with van der Waals surface area (Å²) in [4.78, 5) is 0. The van der Waals surface area contributed by atoms with E-state index < -0.39 is 0 Å². The van der Waals surface area contributed by atoms with Gasteiger partial charge in [0, 0.05) is 11.1 Å². The maximum Gasteiger partial charge on any atom is 0.148 e. The number of halogens is 1. The molecule has 0 radical (unpaired) electrons. The number of nitrogens with zero attached hydrogens (tertiary/aromatic N) is 2. The number of aromatic hydroxyl groups is 2. The van der Waals surface area contributed by atoms with Crippen molar-refractivity contribution < 1.29 is 14.6 Å². The first kappa shape index (κ1) is 19.6. The quantitative estimate of drug-likeness (QED) is 0.351. The maximum atomic E-state index is 14.8. The third-order valence-corrected chi connectivity index (χ3v) is 5.33. The molecule has 32 heavy (non-hydrogen) atoms. The minimum Gasteiger partial charge on any atom is -0.508 e. The number of phenolic OH excluding ortho intramolecular Hbond substituents is 2. The second-order valence-electron chi connectivity index (χ2n) is 7.42. The fourth-order valence-electron chi connectivity index (χ4n) is 3.75. The zero-order valence-electron chi connectivity index (χ0n) is 17.0. The Hall–Kier alpha value is -4.38. The number of hydrogen-bond donors (Lipinski definition) is 2. The predicted molar refractivity (Wildman–Crippen MR) is 123 cm³/mol. The van der Waals surface area contributed by atoms with Gasteiger partial charge in [0.15, 0.2) is 0 Å². The van der Waals surface area contributed by atoms with Crippen molar-refractivity contribution in [3.8, 4) is 50.8 Å². The molecule has 0 aliphatic rings. The van der Waals surface area contributed by atoms with Crippen molar-refractivity contribution in [2.45, 2.75) is 0 Å². The molecule has 0 unspecified atom stereocenters. The van der Waals surface area contributed by atoms with Gasteiger partial charge in [0.25, 0.3) is 0 Å². The summed E-state index contributed by atoms with van der Waals surface area (Å²) in [6.45, 7) is 0. The van der Waals surface area contributed by atoms with Gasteiger partial charge in [0.2, 0.25) is 0 Å². The summed E-state index contributed by atoms with van der Waals surface area (Å²) in [7, 11) is 0. The van der Waals surface area contributed by atoms with Crippen LogP contribution >= 0.6 is 0 Å². The fraction of sp³-hybridized carbons (Fsp3) is 0. The first-order valence-electron chi connectivity index (χ1n) is 10.1. The van der Waals surface area contributed by atoms with Crippen LogP contribution in [-0.4, -0.2) is 20.0 Å². The largest absolute Gasteiger partial charge is 0.508 e. The van der Waals surface area contributed by atoms with Gasteiger partial charge in [-0.3, -0.25) is 0 Å². The Bertz CT molecular complexity index is 1390. The fourth-order valence-corrected chi connectivity index (χ4v) is 3.75. The monoisotopic (exact) mass is 422 g/mol. The van der Waals surface area contributed by atoms with E-state index in [2.05, 4.69) is 0 Å². The number of aromatic nitrogens is 2. The lowest BCUT2D eigenvalue weighted by Crippen LogP contribution is -2.02. The number of benzene rings is 4. The molecule has 0 saturated carbocycles. The molecule has 0 aliphatic carbocycles. The van der Waals surface area contributed by atoms with Gasteiger partial charge in [-0.05, 0) is 65.7 Å². The van der Waals surface area contributed by atoms with E-state index in [1.165, 1.54) is 6.07 Å². The molecule has 0 fully saturated rings. The second kappa shape index (κ2) is 8.04. The van der Waals surface area contributed by atoms with E-state index in [0.717, 1.165) is 27.9 Å². The highest BCUT2D eigenvalue weighted by atomic mass is 19.1. The summed E-state index contributed by atoms with van der Waals surface area (Å²) < 4.78 is 16.4. The number of para-hydroxylation sites is 1. The van der Waals surface area contributed by atoms with Gasteiger partial charge < -0.3 is 10.2 Å². The maximum absolute atomic E-state index is 14.8. The van der Waals surface area contributed by atoms with E-state index >= 15 is 0 Å². The van der Waals surface area contributed by atoms with Crippen molar-refractivity contribution in [2.75, 3.05) is 0 Å². The molecule has 5 heteroatoms. The molecule has 0 amide bonds. The molecule has 1 aromatic heterocycles. The number of rotatable bonds is 4. The van der Waals surface area contributed by atoms with Crippen LogP contribution in [0.3, 0.4) is 0 Å². The Balaban J connectivity index is 1.75. The van der Waals surface area contributed by atoms with Crippen molar-refractivity contribution in [1.29, 1.82) is 0 Å². The first-order chi connectivity index (χ1) is 15.6. The Kier molecular flexibility index (Phi) is 4.92. The molecule has 5 aromatic rings. The van der Waals surface area contributed by atoms with E-state index in [-0.39, 0.29) is 17.3 Å². The average Bonchev–Trinajstić information content (AvgIpc) is 3.25. The van der Waals surface area contributed by atoms with E-state index in [9.17, 15) is 14.6 Å². The van der Waals surface area contributed by atoms with Crippen molar-refractivity contribution in [2.24, 2.45) is 0 Å². The van der Waals surface area contributed by atoms with Crippen molar-refractivity contribution >= 4 is 0 Å². The summed E-state index contributed by atoms with van der Waals surface area (Å²) in [5.41, 5.74) is 5.26. The zero-order valence-corrected chi connectivity index (χ0v) is 17.0. The Morgan fingerprint density at radius 3 is 1.84 bits per heavy atom. The lowest BCUT2D eigenvalue weighted by atomic mass is 9.97. The average molecular weight is 422 g/mol. The second-order valence-corrected chi connectivity index (χ2v) is 7.42. The molecule has 1 heterocycles. The summed E-state index contributed by atoms with van der Waals surface area (Å²) in [6.07, 6.45) is 0. The summed E-state index contributed by atoms with van der Waals surface area (Å²) in [6, 6.07) is 30.0. The van der Waals surface area contributed by atoms with Crippen LogP contribution in [0.4, 0.5) is 4.39 Å². The SMILES string of the molecule is Oc1ccc(-c2cc(-c3ccccc3-c3ccc(O)cc3)n(-c3ccccc3F)n2)cc1. The van der Waals surface area contributed by atoms with Crippen LogP contribution in [0.1, 0.15) is 0 Å². The number of hydrogen-bond acceptors (Lipinski definition) is 3. The third kappa shape index (κ3) is 3.61. The molecule has 0 aliphatic heterocycles.